The highest BCUT2D eigenvalue weighted by molar-refractivity contribution is 6.27. The van der Waals surface area contributed by atoms with Crippen LogP contribution in [0.3, 0.4) is 0 Å². The van der Waals surface area contributed by atoms with Gasteiger partial charge in [-0.25, -0.2) is 0 Å². The molecule has 268 valence electrons. The average molecular weight is 729 g/mol. The SMILES string of the molecule is c1ccc(-c2ccc(N(c3ccc(-c4ccccc4)cc3)c3ccc(-n4c5ccccc5c5c(-c6ccccc6)c6c(cc54)oc4ccccc46)cc3)cc2)cc1. The fourth-order valence-corrected chi connectivity index (χ4v) is 8.57. The number of para-hydroxylation sites is 2. The molecule has 57 heavy (non-hydrogen) atoms. The molecule has 0 aliphatic rings. The molecule has 0 bridgehead atoms. The number of furan rings is 1. The van der Waals surface area contributed by atoms with Crippen LogP contribution in [0.5, 0.6) is 0 Å². The zero-order valence-electron chi connectivity index (χ0n) is 31.1. The van der Waals surface area contributed by atoms with E-state index in [0.717, 1.165) is 55.7 Å². The molecule has 0 N–H and O–H groups in total. The van der Waals surface area contributed by atoms with Crippen LogP contribution in [0.25, 0.3) is 82.8 Å². The Labute approximate surface area is 330 Å². The quantitative estimate of drug-likeness (QED) is 0.163. The van der Waals surface area contributed by atoms with Crippen molar-refractivity contribution in [1.29, 1.82) is 0 Å². The van der Waals surface area contributed by atoms with Crippen molar-refractivity contribution in [3.05, 3.63) is 218 Å². The van der Waals surface area contributed by atoms with E-state index in [9.17, 15) is 0 Å². The number of anilines is 3. The van der Waals surface area contributed by atoms with Crippen LogP contribution in [-0.2, 0) is 0 Å². The van der Waals surface area contributed by atoms with Gasteiger partial charge in [-0.3, -0.25) is 0 Å². The van der Waals surface area contributed by atoms with Crippen LogP contribution >= 0.6 is 0 Å². The number of hydrogen-bond acceptors (Lipinski definition) is 2. The monoisotopic (exact) mass is 728 g/mol. The lowest BCUT2D eigenvalue weighted by atomic mass is 9.94. The van der Waals surface area contributed by atoms with Gasteiger partial charge in [-0.05, 0) is 88.5 Å². The van der Waals surface area contributed by atoms with Gasteiger partial charge in [0.1, 0.15) is 11.2 Å². The van der Waals surface area contributed by atoms with Crippen molar-refractivity contribution in [3.63, 3.8) is 0 Å². The minimum atomic E-state index is 0.882. The van der Waals surface area contributed by atoms with Crippen molar-refractivity contribution in [3.8, 4) is 39.1 Å². The third-order valence-electron chi connectivity index (χ3n) is 11.2. The summed E-state index contributed by atoms with van der Waals surface area (Å²) in [5.74, 6) is 0. The summed E-state index contributed by atoms with van der Waals surface area (Å²) >= 11 is 0. The normalized spacial score (nSPS) is 11.5. The molecule has 3 nitrogen and oxygen atoms in total. The molecule has 0 fully saturated rings. The third kappa shape index (κ3) is 5.60. The Morgan fingerprint density at radius 1 is 0.333 bits per heavy atom. The van der Waals surface area contributed by atoms with E-state index in [4.69, 9.17) is 4.42 Å². The third-order valence-corrected chi connectivity index (χ3v) is 11.2. The van der Waals surface area contributed by atoms with Gasteiger partial charge in [0.2, 0.25) is 0 Å². The summed E-state index contributed by atoms with van der Waals surface area (Å²) in [4.78, 5) is 2.34. The van der Waals surface area contributed by atoms with Gasteiger partial charge in [-0.1, -0.05) is 152 Å². The van der Waals surface area contributed by atoms with E-state index >= 15 is 0 Å². The molecule has 3 heteroatoms. The van der Waals surface area contributed by atoms with Gasteiger partial charge >= 0.3 is 0 Å². The molecule has 0 radical (unpaired) electrons. The lowest BCUT2D eigenvalue weighted by Gasteiger charge is -2.26. The Morgan fingerprint density at radius 3 is 1.37 bits per heavy atom. The maximum Gasteiger partial charge on any atom is 0.138 e. The van der Waals surface area contributed by atoms with Crippen molar-refractivity contribution in [2.75, 3.05) is 4.90 Å². The highest BCUT2D eigenvalue weighted by Crippen LogP contribution is 2.46. The molecule has 2 heterocycles. The first kappa shape index (κ1) is 32.8. The molecular formula is C54H36N2O. The van der Waals surface area contributed by atoms with Gasteiger partial charge in [-0.15, -0.1) is 0 Å². The molecule has 2 aromatic heterocycles. The van der Waals surface area contributed by atoms with Crippen molar-refractivity contribution < 1.29 is 4.42 Å². The van der Waals surface area contributed by atoms with Crippen LogP contribution in [0.4, 0.5) is 17.1 Å². The van der Waals surface area contributed by atoms with E-state index in [-0.39, 0.29) is 0 Å². The lowest BCUT2D eigenvalue weighted by Crippen LogP contribution is -2.10. The van der Waals surface area contributed by atoms with Crippen LogP contribution in [-0.4, -0.2) is 4.57 Å². The summed E-state index contributed by atoms with van der Waals surface area (Å²) in [5.41, 5.74) is 15.5. The minimum Gasteiger partial charge on any atom is -0.456 e. The molecule has 0 aliphatic heterocycles. The van der Waals surface area contributed by atoms with Crippen molar-refractivity contribution in [2.45, 2.75) is 0 Å². The summed E-state index contributed by atoms with van der Waals surface area (Å²) in [7, 11) is 0. The van der Waals surface area contributed by atoms with E-state index in [1.165, 1.54) is 44.2 Å². The molecule has 11 rings (SSSR count). The fourth-order valence-electron chi connectivity index (χ4n) is 8.57. The predicted octanol–water partition coefficient (Wildman–Crippen LogP) is 15.2. The molecule has 0 saturated heterocycles. The molecule has 0 atom stereocenters. The second kappa shape index (κ2) is 13.6. The maximum atomic E-state index is 6.61. The molecular weight excluding hydrogens is 693 g/mol. The van der Waals surface area contributed by atoms with Crippen LogP contribution < -0.4 is 4.90 Å². The Kier molecular flexibility index (Phi) is 7.82. The van der Waals surface area contributed by atoms with Crippen LogP contribution in [0, 0.1) is 0 Å². The maximum absolute atomic E-state index is 6.61. The Balaban J connectivity index is 1.08. The fraction of sp³-hybridized carbons (Fsp3) is 0. The van der Waals surface area contributed by atoms with E-state index in [2.05, 4.69) is 222 Å². The van der Waals surface area contributed by atoms with Crippen LogP contribution in [0.2, 0.25) is 0 Å². The van der Waals surface area contributed by atoms with Crippen molar-refractivity contribution >= 4 is 60.8 Å². The molecule has 0 unspecified atom stereocenters. The van der Waals surface area contributed by atoms with Gasteiger partial charge in [0.25, 0.3) is 0 Å². The van der Waals surface area contributed by atoms with Gasteiger partial charge in [0, 0.05) is 55.9 Å². The highest BCUT2D eigenvalue weighted by atomic mass is 16.3. The Hall–Kier alpha value is -7.62. The van der Waals surface area contributed by atoms with Gasteiger partial charge in [-0.2, -0.15) is 0 Å². The zero-order chi connectivity index (χ0) is 37.7. The minimum absolute atomic E-state index is 0.882. The molecule has 0 aliphatic carbocycles. The summed E-state index contributed by atoms with van der Waals surface area (Å²) in [6.45, 7) is 0. The molecule has 11 aromatic rings. The van der Waals surface area contributed by atoms with E-state index in [1.807, 2.05) is 6.07 Å². The smallest absolute Gasteiger partial charge is 0.138 e. The topological polar surface area (TPSA) is 21.3 Å². The van der Waals surface area contributed by atoms with Crippen LogP contribution in [0.15, 0.2) is 223 Å². The summed E-state index contributed by atoms with van der Waals surface area (Å²) < 4.78 is 9.00. The number of hydrogen-bond donors (Lipinski definition) is 0. The lowest BCUT2D eigenvalue weighted by molar-refractivity contribution is 0.669. The molecule has 9 aromatic carbocycles. The second-order valence-electron chi connectivity index (χ2n) is 14.5. The zero-order valence-corrected chi connectivity index (χ0v) is 31.1. The largest absolute Gasteiger partial charge is 0.456 e. The van der Waals surface area contributed by atoms with Gasteiger partial charge in [0.05, 0.1) is 11.0 Å². The van der Waals surface area contributed by atoms with E-state index in [0.29, 0.717) is 0 Å². The number of benzene rings is 9. The van der Waals surface area contributed by atoms with Crippen molar-refractivity contribution in [1.82, 2.24) is 4.57 Å². The van der Waals surface area contributed by atoms with Gasteiger partial charge < -0.3 is 13.9 Å². The first-order valence-corrected chi connectivity index (χ1v) is 19.4. The highest BCUT2D eigenvalue weighted by Gasteiger charge is 2.23. The number of aromatic nitrogens is 1. The second-order valence-corrected chi connectivity index (χ2v) is 14.5. The van der Waals surface area contributed by atoms with E-state index in [1.54, 1.807) is 0 Å². The number of fused-ring (bicyclic) bond motifs is 6. The van der Waals surface area contributed by atoms with Crippen LogP contribution in [0.1, 0.15) is 0 Å². The average Bonchev–Trinajstić information content (AvgIpc) is 3.83. The summed E-state index contributed by atoms with van der Waals surface area (Å²) in [5, 5.41) is 4.71. The first-order chi connectivity index (χ1) is 28.3. The Morgan fingerprint density at radius 2 is 0.789 bits per heavy atom. The van der Waals surface area contributed by atoms with E-state index < -0.39 is 0 Å². The summed E-state index contributed by atoms with van der Waals surface area (Å²) in [6.07, 6.45) is 0. The predicted molar refractivity (Wildman–Crippen MR) is 239 cm³/mol. The number of rotatable bonds is 7. The standard InChI is InChI=1S/C54H36N2O/c1-4-14-37(15-5-1)39-24-28-42(29-25-39)55(43-30-26-40(27-31-43)38-16-6-2-7-17-38)44-32-34-45(35-33-44)56-48-22-12-10-20-46(48)53-49(56)36-51-54(47-21-11-13-23-50(47)57-51)52(53)41-18-8-3-9-19-41/h1-36H. The number of nitrogens with zero attached hydrogens (tertiary/aromatic N) is 2. The van der Waals surface area contributed by atoms with Crippen molar-refractivity contribution in [2.24, 2.45) is 0 Å². The van der Waals surface area contributed by atoms with Gasteiger partial charge in [0.15, 0.2) is 0 Å². The first-order valence-electron chi connectivity index (χ1n) is 19.4. The summed E-state index contributed by atoms with van der Waals surface area (Å²) in [6, 6.07) is 77.9. The Bertz CT molecular complexity index is 3100. The molecule has 0 saturated carbocycles. The molecule has 0 spiro atoms. The molecule has 0 amide bonds.